The third-order valence-electron chi connectivity index (χ3n) is 3.08. The average molecular weight is 284 g/mol. The second-order valence-electron chi connectivity index (χ2n) is 4.12. The van der Waals surface area contributed by atoms with Crippen LogP contribution >= 0.6 is 11.8 Å². The van der Waals surface area contributed by atoms with E-state index in [1.54, 1.807) is 26.0 Å². The smallest absolute Gasteiger partial charge is 0.162 e. The molecular weight excluding hydrogens is 260 g/mol. The lowest BCUT2D eigenvalue weighted by atomic mass is 10.3. The molecule has 0 unspecified atom stereocenters. The molecule has 5 heteroatoms. The topological polar surface area (TPSA) is 47.7 Å². The van der Waals surface area contributed by atoms with E-state index in [2.05, 4.69) is 18.7 Å². The molecule has 108 valence electrons. The highest BCUT2D eigenvalue weighted by atomic mass is 32.2. The zero-order valence-electron chi connectivity index (χ0n) is 12.2. The van der Waals surface area contributed by atoms with Crippen LogP contribution in [-0.4, -0.2) is 44.5 Å². The quantitative estimate of drug-likeness (QED) is 0.587. The number of hydrogen-bond donors (Lipinski definition) is 1. The van der Waals surface area contributed by atoms with Crippen LogP contribution in [0.4, 0.5) is 5.69 Å². The van der Waals surface area contributed by atoms with Crippen LogP contribution in [0.5, 0.6) is 11.5 Å². The summed E-state index contributed by atoms with van der Waals surface area (Å²) in [5, 5.41) is 0. The normalized spacial score (nSPS) is 10.8. The number of anilines is 1. The minimum absolute atomic E-state index is 0.674. The summed E-state index contributed by atoms with van der Waals surface area (Å²) in [6.07, 6.45) is 0. The van der Waals surface area contributed by atoms with Gasteiger partial charge in [0.05, 0.1) is 14.2 Å². The minimum atomic E-state index is 0.674. The second-order valence-corrected chi connectivity index (χ2v) is 5.26. The van der Waals surface area contributed by atoms with Crippen molar-refractivity contribution < 1.29 is 9.47 Å². The Hall–Kier alpha value is -1.07. The van der Waals surface area contributed by atoms with Crippen LogP contribution in [0.1, 0.15) is 13.8 Å². The first-order valence-electron chi connectivity index (χ1n) is 6.52. The molecule has 0 aliphatic heterocycles. The number of nitrogen functional groups attached to an aromatic ring is 1. The molecule has 0 heterocycles. The first-order valence-corrected chi connectivity index (χ1v) is 7.51. The maximum absolute atomic E-state index is 6.03. The maximum atomic E-state index is 6.03. The highest BCUT2D eigenvalue weighted by Gasteiger charge is 2.10. The van der Waals surface area contributed by atoms with Crippen molar-refractivity contribution in [1.82, 2.24) is 4.90 Å². The molecule has 0 aliphatic carbocycles. The Kier molecular flexibility index (Phi) is 6.87. The molecule has 1 aromatic rings. The van der Waals surface area contributed by atoms with E-state index in [0.29, 0.717) is 5.75 Å². The monoisotopic (exact) mass is 284 g/mol. The summed E-state index contributed by atoms with van der Waals surface area (Å²) < 4.78 is 10.5. The Morgan fingerprint density at radius 3 is 2.21 bits per heavy atom. The number of ether oxygens (including phenoxy) is 2. The summed E-state index contributed by atoms with van der Waals surface area (Å²) in [6, 6.07) is 3.76. The predicted molar refractivity (Wildman–Crippen MR) is 82.5 cm³/mol. The molecule has 1 aromatic carbocycles. The van der Waals surface area contributed by atoms with Gasteiger partial charge in [0.25, 0.3) is 0 Å². The SMILES string of the molecule is CCN(CC)CCSc1cc(OC)c(OC)cc1N. The fourth-order valence-corrected chi connectivity index (χ4v) is 2.81. The Labute approximate surface area is 120 Å². The molecule has 0 aliphatic rings. The standard InChI is InChI=1S/C14H24N2O2S/c1-5-16(6-2)7-8-19-14-10-13(18-4)12(17-3)9-11(14)15/h9-10H,5-8,15H2,1-4H3. The molecule has 0 fully saturated rings. The van der Waals surface area contributed by atoms with Crippen molar-refractivity contribution >= 4 is 17.4 Å². The summed E-state index contributed by atoms with van der Waals surface area (Å²) >= 11 is 1.75. The van der Waals surface area contributed by atoms with Crippen molar-refractivity contribution in [2.24, 2.45) is 0 Å². The first kappa shape index (κ1) is 16.0. The number of nitrogens with zero attached hydrogens (tertiary/aromatic N) is 1. The highest BCUT2D eigenvalue weighted by molar-refractivity contribution is 7.99. The lowest BCUT2D eigenvalue weighted by molar-refractivity contribution is 0.324. The maximum Gasteiger partial charge on any atom is 0.162 e. The second kappa shape index (κ2) is 8.17. The molecule has 4 nitrogen and oxygen atoms in total. The van der Waals surface area contributed by atoms with Crippen LogP contribution in [0.2, 0.25) is 0 Å². The van der Waals surface area contributed by atoms with Gasteiger partial charge < -0.3 is 20.1 Å². The van der Waals surface area contributed by atoms with Crippen LogP contribution in [0.15, 0.2) is 17.0 Å². The van der Waals surface area contributed by atoms with E-state index >= 15 is 0 Å². The molecule has 0 saturated heterocycles. The molecule has 0 radical (unpaired) electrons. The Balaban J connectivity index is 2.68. The first-order chi connectivity index (χ1) is 9.15. The molecule has 2 N–H and O–H groups in total. The molecule has 0 aromatic heterocycles. The van der Waals surface area contributed by atoms with Crippen LogP contribution in [-0.2, 0) is 0 Å². The Bertz CT molecular complexity index is 395. The van der Waals surface area contributed by atoms with Crippen molar-refractivity contribution in [3.05, 3.63) is 12.1 Å². The van der Waals surface area contributed by atoms with Gasteiger partial charge in [-0.2, -0.15) is 0 Å². The van der Waals surface area contributed by atoms with Gasteiger partial charge in [-0.25, -0.2) is 0 Å². The summed E-state index contributed by atoms with van der Waals surface area (Å²) in [4.78, 5) is 3.44. The highest BCUT2D eigenvalue weighted by Crippen LogP contribution is 2.36. The van der Waals surface area contributed by atoms with Gasteiger partial charge in [-0.3, -0.25) is 0 Å². The van der Waals surface area contributed by atoms with E-state index in [9.17, 15) is 0 Å². The lowest BCUT2D eigenvalue weighted by Gasteiger charge is -2.18. The van der Waals surface area contributed by atoms with Gasteiger partial charge >= 0.3 is 0 Å². The number of methoxy groups -OCH3 is 2. The van der Waals surface area contributed by atoms with Crippen molar-refractivity contribution in [3.8, 4) is 11.5 Å². The molecule has 0 amide bonds. The molecule has 0 saturated carbocycles. The zero-order chi connectivity index (χ0) is 14.3. The fraction of sp³-hybridized carbons (Fsp3) is 0.571. The molecule has 0 atom stereocenters. The summed E-state index contributed by atoms with van der Waals surface area (Å²) in [5.41, 5.74) is 6.77. The van der Waals surface area contributed by atoms with Crippen molar-refractivity contribution in [3.63, 3.8) is 0 Å². The molecule has 1 rings (SSSR count). The van der Waals surface area contributed by atoms with Gasteiger partial charge in [0.15, 0.2) is 11.5 Å². The number of nitrogens with two attached hydrogens (primary N) is 1. The van der Waals surface area contributed by atoms with E-state index in [1.165, 1.54) is 0 Å². The Morgan fingerprint density at radius 2 is 1.68 bits per heavy atom. The van der Waals surface area contributed by atoms with Crippen molar-refractivity contribution in [2.75, 3.05) is 45.3 Å². The number of hydrogen-bond acceptors (Lipinski definition) is 5. The molecular formula is C14H24N2O2S. The largest absolute Gasteiger partial charge is 0.493 e. The lowest BCUT2D eigenvalue weighted by Crippen LogP contribution is -2.25. The fourth-order valence-electron chi connectivity index (χ4n) is 1.83. The molecule has 0 spiro atoms. The van der Waals surface area contributed by atoms with Gasteiger partial charge in [0, 0.05) is 28.9 Å². The van der Waals surface area contributed by atoms with E-state index in [1.807, 2.05) is 12.1 Å². The summed E-state index contributed by atoms with van der Waals surface area (Å²) in [5.74, 6) is 2.41. The van der Waals surface area contributed by atoms with Crippen LogP contribution in [0.3, 0.4) is 0 Å². The van der Waals surface area contributed by atoms with Crippen LogP contribution in [0.25, 0.3) is 0 Å². The van der Waals surface area contributed by atoms with Crippen LogP contribution < -0.4 is 15.2 Å². The number of benzene rings is 1. The minimum Gasteiger partial charge on any atom is -0.493 e. The number of thioether (sulfide) groups is 1. The Morgan fingerprint density at radius 1 is 1.11 bits per heavy atom. The van der Waals surface area contributed by atoms with Gasteiger partial charge in [0.1, 0.15) is 0 Å². The van der Waals surface area contributed by atoms with E-state index in [-0.39, 0.29) is 0 Å². The van der Waals surface area contributed by atoms with Gasteiger partial charge in [-0.05, 0) is 19.2 Å². The van der Waals surface area contributed by atoms with Gasteiger partial charge in [0.2, 0.25) is 0 Å². The molecule has 19 heavy (non-hydrogen) atoms. The van der Waals surface area contributed by atoms with Gasteiger partial charge in [-0.15, -0.1) is 11.8 Å². The third kappa shape index (κ3) is 4.51. The molecule has 0 bridgehead atoms. The third-order valence-corrected chi connectivity index (χ3v) is 4.13. The van der Waals surface area contributed by atoms with Crippen LogP contribution in [0, 0.1) is 0 Å². The van der Waals surface area contributed by atoms with E-state index in [0.717, 1.165) is 41.7 Å². The summed E-state index contributed by atoms with van der Waals surface area (Å²) in [6.45, 7) is 7.58. The van der Waals surface area contributed by atoms with E-state index in [4.69, 9.17) is 15.2 Å². The van der Waals surface area contributed by atoms with Gasteiger partial charge in [-0.1, -0.05) is 13.8 Å². The average Bonchev–Trinajstić information content (AvgIpc) is 2.44. The van der Waals surface area contributed by atoms with Crippen molar-refractivity contribution in [2.45, 2.75) is 18.7 Å². The summed E-state index contributed by atoms with van der Waals surface area (Å²) in [7, 11) is 3.25. The number of rotatable bonds is 8. The zero-order valence-corrected chi connectivity index (χ0v) is 13.0. The van der Waals surface area contributed by atoms with E-state index < -0.39 is 0 Å². The van der Waals surface area contributed by atoms with Crippen molar-refractivity contribution in [1.29, 1.82) is 0 Å². The predicted octanol–water partition coefficient (Wildman–Crippen LogP) is 2.72.